The summed E-state index contributed by atoms with van der Waals surface area (Å²) in [6.07, 6.45) is 0. The lowest BCUT2D eigenvalue weighted by atomic mass is 10.2. The predicted molar refractivity (Wildman–Crippen MR) is 95.8 cm³/mol. The van der Waals surface area contributed by atoms with E-state index in [1.54, 1.807) is 13.1 Å². The van der Waals surface area contributed by atoms with Gasteiger partial charge in [-0.2, -0.15) is 4.31 Å². The number of rotatable bonds is 5. The number of aryl methyl sites for hydroxylation is 1. The third-order valence-corrected chi connectivity index (χ3v) is 6.15. The third kappa shape index (κ3) is 3.25. The molecule has 3 rings (SSSR count). The van der Waals surface area contributed by atoms with Crippen molar-refractivity contribution in [1.29, 1.82) is 0 Å². The van der Waals surface area contributed by atoms with Crippen LogP contribution in [0.1, 0.15) is 19.4 Å². The number of hydrogen-bond donors (Lipinski definition) is 0. The maximum atomic E-state index is 13.1. The molecule has 0 amide bonds. The molecule has 3 aromatic rings. The van der Waals surface area contributed by atoms with Gasteiger partial charge >= 0.3 is 5.76 Å². The Hall–Kier alpha value is -2.38. The number of hydrogen-bond acceptors (Lipinski definition) is 4. The van der Waals surface area contributed by atoms with Crippen LogP contribution in [0.4, 0.5) is 0 Å². The van der Waals surface area contributed by atoms with Gasteiger partial charge in [0.25, 0.3) is 0 Å². The van der Waals surface area contributed by atoms with Gasteiger partial charge in [0.05, 0.1) is 10.4 Å². The van der Waals surface area contributed by atoms with Crippen molar-refractivity contribution in [3.05, 3.63) is 64.6 Å². The maximum absolute atomic E-state index is 13.1. The van der Waals surface area contributed by atoms with Crippen molar-refractivity contribution < 1.29 is 12.8 Å². The highest BCUT2D eigenvalue weighted by Gasteiger charge is 2.28. The largest absolute Gasteiger partial charge is 0.419 e. The number of nitrogens with zero attached hydrogens (tertiary/aromatic N) is 2. The van der Waals surface area contributed by atoms with E-state index in [0.717, 1.165) is 5.56 Å². The van der Waals surface area contributed by atoms with Gasteiger partial charge < -0.3 is 4.42 Å². The molecular weight excluding hydrogens is 340 g/mol. The normalized spacial score (nSPS) is 12.4. The van der Waals surface area contributed by atoms with Crippen LogP contribution in [0.3, 0.4) is 0 Å². The van der Waals surface area contributed by atoms with Crippen molar-refractivity contribution in [2.24, 2.45) is 7.05 Å². The molecule has 0 unspecified atom stereocenters. The van der Waals surface area contributed by atoms with Crippen LogP contribution in [0.15, 0.2) is 62.6 Å². The quantitative estimate of drug-likeness (QED) is 0.701. The fourth-order valence-corrected chi connectivity index (χ4v) is 4.36. The van der Waals surface area contributed by atoms with Crippen LogP contribution in [0.25, 0.3) is 11.1 Å². The van der Waals surface area contributed by atoms with E-state index < -0.39 is 15.8 Å². The van der Waals surface area contributed by atoms with E-state index in [1.807, 2.05) is 44.2 Å². The number of benzene rings is 2. The molecule has 0 aliphatic carbocycles. The second-order valence-electron chi connectivity index (χ2n) is 6.19. The van der Waals surface area contributed by atoms with Crippen molar-refractivity contribution in [1.82, 2.24) is 8.87 Å². The van der Waals surface area contributed by atoms with Crippen LogP contribution in [0, 0.1) is 0 Å². The molecule has 0 saturated carbocycles. The van der Waals surface area contributed by atoms with Gasteiger partial charge in [0, 0.05) is 25.7 Å². The number of sulfonamides is 1. The molecule has 7 heteroatoms. The summed E-state index contributed by atoms with van der Waals surface area (Å²) in [4.78, 5) is 11.7. The van der Waals surface area contributed by atoms with E-state index in [9.17, 15) is 13.2 Å². The lowest BCUT2D eigenvalue weighted by Crippen LogP contribution is -2.36. The van der Waals surface area contributed by atoms with Crippen LogP contribution in [-0.4, -0.2) is 23.3 Å². The highest BCUT2D eigenvalue weighted by atomic mass is 32.2. The lowest BCUT2D eigenvalue weighted by molar-refractivity contribution is 0.348. The Balaban J connectivity index is 2.04. The molecular formula is C18H20N2O4S. The molecule has 0 N–H and O–H groups in total. The Morgan fingerprint density at radius 1 is 1.12 bits per heavy atom. The van der Waals surface area contributed by atoms with Gasteiger partial charge in [-0.05, 0) is 31.5 Å². The maximum Gasteiger partial charge on any atom is 0.419 e. The molecule has 1 heterocycles. The van der Waals surface area contributed by atoms with Gasteiger partial charge in [-0.15, -0.1) is 0 Å². The van der Waals surface area contributed by atoms with Crippen molar-refractivity contribution in [3.8, 4) is 0 Å². The van der Waals surface area contributed by atoms with Crippen molar-refractivity contribution in [2.75, 3.05) is 0 Å². The molecule has 0 radical (unpaired) electrons. The summed E-state index contributed by atoms with van der Waals surface area (Å²) >= 11 is 0. The zero-order chi connectivity index (χ0) is 18.2. The Morgan fingerprint density at radius 2 is 1.80 bits per heavy atom. The molecule has 0 saturated heterocycles. The number of fused-ring (bicyclic) bond motifs is 1. The van der Waals surface area contributed by atoms with Crippen molar-refractivity contribution in [3.63, 3.8) is 0 Å². The SMILES string of the molecule is CC(C)N(Cc1ccccc1)S(=O)(=O)c1ccc2c(c1)oc(=O)n2C. The molecule has 132 valence electrons. The number of aromatic nitrogens is 1. The van der Waals surface area contributed by atoms with E-state index in [0.29, 0.717) is 5.52 Å². The van der Waals surface area contributed by atoms with Crippen LogP contribution in [0.5, 0.6) is 0 Å². The molecule has 0 aliphatic heterocycles. The standard InChI is InChI=1S/C18H20N2O4S/c1-13(2)20(12-14-7-5-4-6-8-14)25(22,23)15-9-10-16-17(11-15)24-18(21)19(16)3/h4-11,13H,12H2,1-3H3. The first-order valence-electron chi connectivity index (χ1n) is 7.96. The molecule has 0 aliphatic rings. The molecule has 0 fully saturated rings. The van der Waals surface area contributed by atoms with Gasteiger partial charge in [0.2, 0.25) is 10.0 Å². The Kier molecular flexibility index (Phi) is 4.53. The van der Waals surface area contributed by atoms with Crippen molar-refractivity contribution >= 4 is 21.1 Å². The fraction of sp³-hybridized carbons (Fsp3) is 0.278. The topological polar surface area (TPSA) is 72.5 Å². The lowest BCUT2D eigenvalue weighted by Gasteiger charge is -2.26. The smallest absolute Gasteiger partial charge is 0.408 e. The minimum Gasteiger partial charge on any atom is -0.408 e. The number of oxazole rings is 1. The van der Waals surface area contributed by atoms with Gasteiger partial charge in [-0.1, -0.05) is 30.3 Å². The summed E-state index contributed by atoms with van der Waals surface area (Å²) in [6, 6.07) is 13.7. The summed E-state index contributed by atoms with van der Waals surface area (Å²) in [7, 11) is -2.15. The first-order valence-corrected chi connectivity index (χ1v) is 9.40. The van der Waals surface area contributed by atoms with Crippen LogP contribution < -0.4 is 5.76 Å². The van der Waals surface area contributed by atoms with E-state index in [4.69, 9.17) is 4.42 Å². The highest BCUT2D eigenvalue weighted by Crippen LogP contribution is 2.24. The Morgan fingerprint density at radius 3 is 2.44 bits per heavy atom. The second kappa shape index (κ2) is 6.50. The van der Waals surface area contributed by atoms with Gasteiger partial charge in [-0.3, -0.25) is 4.57 Å². The summed E-state index contributed by atoms with van der Waals surface area (Å²) in [5.74, 6) is -0.519. The molecule has 6 nitrogen and oxygen atoms in total. The molecule has 1 aromatic heterocycles. The summed E-state index contributed by atoms with van der Waals surface area (Å²) < 4.78 is 34.1. The average Bonchev–Trinajstić information content (AvgIpc) is 2.87. The van der Waals surface area contributed by atoms with Gasteiger partial charge in [-0.25, -0.2) is 13.2 Å². The van der Waals surface area contributed by atoms with E-state index in [1.165, 1.54) is 21.0 Å². The zero-order valence-electron chi connectivity index (χ0n) is 14.3. The molecule has 2 aromatic carbocycles. The third-order valence-electron chi connectivity index (χ3n) is 4.13. The molecule has 0 bridgehead atoms. The zero-order valence-corrected chi connectivity index (χ0v) is 15.2. The van der Waals surface area contributed by atoms with Crippen LogP contribution in [-0.2, 0) is 23.6 Å². The second-order valence-corrected chi connectivity index (χ2v) is 8.08. The van der Waals surface area contributed by atoms with E-state index in [2.05, 4.69) is 0 Å². The average molecular weight is 360 g/mol. The summed E-state index contributed by atoms with van der Waals surface area (Å²) in [5.41, 5.74) is 1.73. The van der Waals surface area contributed by atoms with Gasteiger partial charge in [0.15, 0.2) is 5.58 Å². The molecule has 0 atom stereocenters. The molecule has 25 heavy (non-hydrogen) atoms. The van der Waals surface area contributed by atoms with Crippen LogP contribution >= 0.6 is 0 Å². The Bertz CT molecular complexity index is 1050. The van der Waals surface area contributed by atoms with E-state index in [-0.39, 0.29) is 23.1 Å². The first-order chi connectivity index (χ1) is 11.8. The van der Waals surface area contributed by atoms with E-state index >= 15 is 0 Å². The summed E-state index contributed by atoms with van der Waals surface area (Å²) in [5, 5.41) is 0. The molecule has 0 spiro atoms. The van der Waals surface area contributed by atoms with Gasteiger partial charge in [0.1, 0.15) is 0 Å². The Labute approximate surface area is 146 Å². The van der Waals surface area contributed by atoms with Crippen molar-refractivity contribution in [2.45, 2.75) is 31.3 Å². The fourth-order valence-electron chi connectivity index (χ4n) is 2.72. The highest BCUT2D eigenvalue weighted by molar-refractivity contribution is 7.89. The minimum atomic E-state index is -3.73. The van der Waals surface area contributed by atoms with Crippen LogP contribution in [0.2, 0.25) is 0 Å². The first kappa shape index (κ1) is 17.4. The monoisotopic (exact) mass is 360 g/mol. The predicted octanol–water partition coefficient (Wildman–Crippen LogP) is 2.73. The minimum absolute atomic E-state index is 0.110. The summed E-state index contributed by atoms with van der Waals surface area (Å²) in [6.45, 7) is 3.95.